The summed E-state index contributed by atoms with van der Waals surface area (Å²) in [4.78, 5) is 13.0. The zero-order valence-electron chi connectivity index (χ0n) is 16.6. The fourth-order valence-electron chi connectivity index (χ4n) is 4.32. The van der Waals surface area contributed by atoms with Crippen LogP contribution >= 0.6 is 11.6 Å². The van der Waals surface area contributed by atoms with Crippen LogP contribution in [0.4, 0.5) is 0 Å². The van der Waals surface area contributed by atoms with Gasteiger partial charge in [-0.3, -0.25) is 4.79 Å². The van der Waals surface area contributed by atoms with E-state index in [0.29, 0.717) is 35.0 Å². The normalized spacial score (nSPS) is 25.8. The third kappa shape index (κ3) is 5.08. The second-order valence-electron chi connectivity index (χ2n) is 8.08. The molecule has 2 aliphatic carbocycles. The Labute approximate surface area is 173 Å². The molecule has 156 valence electrons. The molecule has 0 radical (unpaired) electrons. The van der Waals surface area contributed by atoms with Gasteiger partial charge in [0, 0.05) is 30.1 Å². The molecule has 28 heavy (non-hydrogen) atoms. The summed E-state index contributed by atoms with van der Waals surface area (Å²) in [6.45, 7) is 2.56. The van der Waals surface area contributed by atoms with E-state index in [-0.39, 0.29) is 17.9 Å². The van der Waals surface area contributed by atoms with Crippen LogP contribution in [0.5, 0.6) is 0 Å². The molecule has 0 spiro atoms. The average Bonchev–Trinajstić information content (AvgIpc) is 3.04. The highest BCUT2D eigenvalue weighted by molar-refractivity contribution is 7.93. The summed E-state index contributed by atoms with van der Waals surface area (Å²) in [7, 11) is -3.63. The van der Waals surface area contributed by atoms with E-state index < -0.39 is 10.0 Å². The number of hydrogen-bond donors (Lipinski definition) is 1. The molecule has 1 N–H and O–H groups in total. The molecule has 7 heteroatoms. The summed E-state index contributed by atoms with van der Waals surface area (Å²) in [5, 5.41) is 3.60. The number of halogens is 1. The van der Waals surface area contributed by atoms with Crippen molar-refractivity contribution in [3.63, 3.8) is 0 Å². The molecule has 1 amide bonds. The average molecular weight is 427 g/mol. The Balaban J connectivity index is 1.68. The lowest BCUT2D eigenvalue weighted by Crippen LogP contribution is -2.51. The van der Waals surface area contributed by atoms with Crippen LogP contribution in [-0.4, -0.2) is 37.8 Å². The quantitative estimate of drug-likeness (QED) is 0.684. The number of sulfonamides is 1. The molecule has 0 aromatic heterocycles. The summed E-state index contributed by atoms with van der Waals surface area (Å²) < 4.78 is 28.0. The molecule has 3 aliphatic rings. The molecular formula is C21H31ClN2O3S. The Bertz CT molecular complexity index is 777. The van der Waals surface area contributed by atoms with Crippen LogP contribution in [-0.2, 0) is 14.8 Å². The lowest BCUT2D eigenvalue weighted by molar-refractivity contribution is -0.126. The molecule has 1 heterocycles. The summed E-state index contributed by atoms with van der Waals surface area (Å²) in [5.74, 6) is 0.178. The Morgan fingerprint density at radius 1 is 1.14 bits per heavy atom. The summed E-state index contributed by atoms with van der Waals surface area (Å²) in [6.07, 6.45) is 14.0. The van der Waals surface area contributed by atoms with E-state index in [0.717, 1.165) is 38.5 Å². The first-order valence-electron chi connectivity index (χ1n) is 10.4. The van der Waals surface area contributed by atoms with Crippen LogP contribution in [0.15, 0.2) is 33.7 Å². The van der Waals surface area contributed by atoms with Gasteiger partial charge >= 0.3 is 0 Å². The van der Waals surface area contributed by atoms with Gasteiger partial charge in [-0.1, -0.05) is 49.4 Å². The van der Waals surface area contributed by atoms with E-state index in [1.54, 1.807) is 19.1 Å². The molecule has 0 unspecified atom stereocenters. The van der Waals surface area contributed by atoms with Crippen molar-refractivity contribution < 1.29 is 13.2 Å². The number of rotatable bonds is 4. The molecule has 3 rings (SSSR count). The van der Waals surface area contributed by atoms with Crippen molar-refractivity contribution in [1.29, 1.82) is 0 Å². The molecular weight excluding hydrogens is 396 g/mol. The number of carbonyl (C=O) groups is 1. The topological polar surface area (TPSA) is 66.5 Å². The SMILES string of the molecule is CC1=C(Cl)C=CCC=C1S(=O)(=O)N1CCC[C@@H](NC(=O)C2CCCCCC2)C1. The van der Waals surface area contributed by atoms with Gasteiger partial charge in [0.1, 0.15) is 0 Å². The highest BCUT2D eigenvalue weighted by Crippen LogP contribution is 2.30. The summed E-state index contributed by atoms with van der Waals surface area (Å²) in [6, 6.07) is -0.122. The predicted octanol–water partition coefficient (Wildman–Crippen LogP) is 4.22. The van der Waals surface area contributed by atoms with Crippen LogP contribution < -0.4 is 5.32 Å². The molecule has 5 nitrogen and oxygen atoms in total. The van der Waals surface area contributed by atoms with E-state index in [9.17, 15) is 13.2 Å². The van der Waals surface area contributed by atoms with Crippen LogP contribution in [0.3, 0.4) is 0 Å². The van der Waals surface area contributed by atoms with E-state index in [4.69, 9.17) is 11.6 Å². The molecule has 0 aromatic carbocycles. The Kier molecular flexibility index (Phi) is 7.40. The first kappa shape index (κ1) is 21.6. The maximum Gasteiger partial charge on any atom is 0.243 e. The van der Waals surface area contributed by atoms with Crippen LogP contribution in [0.25, 0.3) is 0 Å². The van der Waals surface area contributed by atoms with Crippen LogP contribution in [0.2, 0.25) is 0 Å². The van der Waals surface area contributed by atoms with Gasteiger partial charge in [0.15, 0.2) is 0 Å². The van der Waals surface area contributed by atoms with E-state index in [1.807, 2.05) is 6.08 Å². The minimum Gasteiger partial charge on any atom is -0.352 e. The molecule has 2 fully saturated rings. The highest BCUT2D eigenvalue weighted by atomic mass is 35.5. The molecule has 1 saturated carbocycles. The number of carbonyl (C=O) groups excluding carboxylic acids is 1. The third-order valence-electron chi connectivity index (χ3n) is 6.01. The Morgan fingerprint density at radius 2 is 1.86 bits per heavy atom. The van der Waals surface area contributed by atoms with E-state index in [2.05, 4.69) is 5.32 Å². The number of piperidine rings is 1. The number of hydrogen-bond acceptors (Lipinski definition) is 3. The van der Waals surface area contributed by atoms with Crippen LogP contribution in [0, 0.1) is 5.92 Å². The molecule has 0 bridgehead atoms. The molecule has 1 aliphatic heterocycles. The molecule has 1 saturated heterocycles. The Morgan fingerprint density at radius 3 is 2.57 bits per heavy atom. The van der Waals surface area contributed by atoms with Gasteiger partial charge in [0.05, 0.1) is 4.91 Å². The fraction of sp³-hybridized carbons (Fsp3) is 0.667. The van der Waals surface area contributed by atoms with Crippen molar-refractivity contribution in [3.8, 4) is 0 Å². The highest BCUT2D eigenvalue weighted by Gasteiger charge is 2.34. The van der Waals surface area contributed by atoms with Gasteiger partial charge in [-0.05, 0) is 50.7 Å². The third-order valence-corrected chi connectivity index (χ3v) is 8.46. The maximum absolute atomic E-state index is 13.3. The molecule has 0 aromatic rings. The standard InChI is InChI=1S/C21H31ClN2O3S/c1-16-19(22)12-6-7-13-20(16)28(26,27)24-14-8-11-18(15-24)23-21(25)17-9-4-2-3-5-10-17/h6,12-13,17-18H,2-5,7-11,14-15H2,1H3,(H,23,25)/t18-/m1/s1. The van der Waals surface area contributed by atoms with Crippen molar-refractivity contribution in [2.24, 2.45) is 5.92 Å². The molecule has 1 atom stereocenters. The monoisotopic (exact) mass is 426 g/mol. The Hall–Kier alpha value is -1.11. The number of allylic oxidation sites excluding steroid dienone is 5. The van der Waals surface area contributed by atoms with E-state index in [1.165, 1.54) is 17.1 Å². The number of amides is 1. The van der Waals surface area contributed by atoms with Crippen molar-refractivity contribution in [1.82, 2.24) is 9.62 Å². The zero-order chi connectivity index (χ0) is 20.1. The second-order valence-corrected chi connectivity index (χ2v) is 10.4. The van der Waals surface area contributed by atoms with Crippen LogP contribution in [0.1, 0.15) is 64.7 Å². The lowest BCUT2D eigenvalue weighted by atomic mass is 9.98. The van der Waals surface area contributed by atoms with Crippen molar-refractivity contribution in [2.75, 3.05) is 13.1 Å². The van der Waals surface area contributed by atoms with Crippen molar-refractivity contribution >= 4 is 27.5 Å². The first-order chi connectivity index (χ1) is 13.4. The largest absolute Gasteiger partial charge is 0.352 e. The predicted molar refractivity (Wildman–Crippen MR) is 113 cm³/mol. The first-order valence-corrected chi connectivity index (χ1v) is 12.3. The van der Waals surface area contributed by atoms with Gasteiger partial charge in [-0.15, -0.1) is 0 Å². The lowest BCUT2D eigenvalue weighted by Gasteiger charge is -2.33. The second kappa shape index (κ2) is 9.59. The zero-order valence-corrected chi connectivity index (χ0v) is 18.2. The van der Waals surface area contributed by atoms with Gasteiger partial charge in [0.25, 0.3) is 0 Å². The van der Waals surface area contributed by atoms with Crippen molar-refractivity contribution in [3.05, 3.63) is 33.7 Å². The van der Waals surface area contributed by atoms with E-state index >= 15 is 0 Å². The van der Waals surface area contributed by atoms with Gasteiger partial charge in [-0.25, -0.2) is 8.42 Å². The minimum atomic E-state index is -3.63. The maximum atomic E-state index is 13.3. The number of nitrogens with one attached hydrogen (secondary N) is 1. The van der Waals surface area contributed by atoms with Crippen molar-refractivity contribution in [2.45, 2.75) is 70.8 Å². The summed E-state index contributed by atoms with van der Waals surface area (Å²) in [5.41, 5.74) is 0.583. The summed E-state index contributed by atoms with van der Waals surface area (Å²) >= 11 is 6.22. The van der Waals surface area contributed by atoms with Gasteiger partial charge in [0.2, 0.25) is 15.9 Å². The number of nitrogens with zero attached hydrogens (tertiary/aromatic N) is 1. The smallest absolute Gasteiger partial charge is 0.243 e. The van der Waals surface area contributed by atoms with Gasteiger partial charge < -0.3 is 5.32 Å². The van der Waals surface area contributed by atoms with Gasteiger partial charge in [-0.2, -0.15) is 4.31 Å². The minimum absolute atomic E-state index is 0.0779. The fourth-order valence-corrected chi connectivity index (χ4v) is 6.39.